The Morgan fingerprint density at radius 1 is 1.08 bits per heavy atom. The van der Waals surface area contributed by atoms with Crippen molar-refractivity contribution in [1.82, 2.24) is 4.90 Å². The number of hydrogen-bond acceptors (Lipinski definition) is 3. The van der Waals surface area contributed by atoms with Crippen LogP contribution in [0.1, 0.15) is 11.1 Å². The molecule has 2 aromatic carbocycles. The van der Waals surface area contributed by atoms with Gasteiger partial charge in [-0.3, -0.25) is 4.79 Å². The lowest BCUT2D eigenvalue weighted by atomic mass is 10.1. The SMILES string of the molecule is COCC(N)C(=O)N(Cc1ccccc1)Cc1ccc(F)cc1.Cl. The van der Waals surface area contributed by atoms with Crippen molar-refractivity contribution in [3.63, 3.8) is 0 Å². The minimum Gasteiger partial charge on any atom is -0.383 e. The van der Waals surface area contributed by atoms with Gasteiger partial charge in [0.25, 0.3) is 0 Å². The molecule has 0 bridgehead atoms. The average Bonchev–Trinajstić information content (AvgIpc) is 2.57. The quantitative estimate of drug-likeness (QED) is 0.833. The van der Waals surface area contributed by atoms with E-state index in [2.05, 4.69) is 0 Å². The highest BCUT2D eigenvalue weighted by molar-refractivity contribution is 5.85. The Morgan fingerprint density at radius 2 is 1.62 bits per heavy atom. The summed E-state index contributed by atoms with van der Waals surface area (Å²) in [5, 5.41) is 0. The van der Waals surface area contributed by atoms with Crippen molar-refractivity contribution in [2.75, 3.05) is 13.7 Å². The fraction of sp³-hybridized carbons (Fsp3) is 0.278. The Hall–Kier alpha value is -1.95. The topological polar surface area (TPSA) is 55.6 Å². The first kappa shape index (κ1) is 20.1. The fourth-order valence-corrected chi connectivity index (χ4v) is 2.31. The number of nitrogens with zero attached hydrogens (tertiary/aromatic N) is 1. The van der Waals surface area contributed by atoms with Gasteiger partial charge in [0.1, 0.15) is 11.9 Å². The molecule has 0 saturated carbocycles. The van der Waals surface area contributed by atoms with Crippen LogP contribution < -0.4 is 5.73 Å². The first-order valence-electron chi connectivity index (χ1n) is 7.42. The van der Waals surface area contributed by atoms with Crippen LogP contribution in [-0.2, 0) is 22.6 Å². The Balaban J connectivity index is 0.00000288. The Labute approximate surface area is 147 Å². The summed E-state index contributed by atoms with van der Waals surface area (Å²) in [6.45, 7) is 0.966. The maximum Gasteiger partial charge on any atom is 0.242 e. The number of methoxy groups -OCH3 is 1. The van der Waals surface area contributed by atoms with Crippen molar-refractivity contribution in [3.05, 3.63) is 71.5 Å². The Bertz CT molecular complexity index is 623. The lowest BCUT2D eigenvalue weighted by molar-refractivity contribution is -0.135. The maximum atomic E-state index is 13.0. The van der Waals surface area contributed by atoms with Crippen molar-refractivity contribution in [2.45, 2.75) is 19.1 Å². The highest BCUT2D eigenvalue weighted by Crippen LogP contribution is 2.12. The molecule has 24 heavy (non-hydrogen) atoms. The third kappa shape index (κ3) is 5.92. The summed E-state index contributed by atoms with van der Waals surface area (Å²) >= 11 is 0. The predicted molar refractivity (Wildman–Crippen MR) is 94.2 cm³/mol. The zero-order chi connectivity index (χ0) is 16.7. The van der Waals surface area contributed by atoms with Gasteiger partial charge in [-0.25, -0.2) is 4.39 Å². The van der Waals surface area contributed by atoms with Crippen LogP contribution in [0.4, 0.5) is 4.39 Å². The first-order valence-corrected chi connectivity index (χ1v) is 7.42. The molecule has 2 N–H and O–H groups in total. The monoisotopic (exact) mass is 352 g/mol. The van der Waals surface area contributed by atoms with Gasteiger partial charge in [-0.1, -0.05) is 42.5 Å². The molecule has 1 unspecified atom stereocenters. The molecule has 0 fully saturated rings. The highest BCUT2D eigenvalue weighted by atomic mass is 35.5. The largest absolute Gasteiger partial charge is 0.383 e. The van der Waals surface area contributed by atoms with Gasteiger partial charge in [0.15, 0.2) is 0 Å². The highest BCUT2D eigenvalue weighted by Gasteiger charge is 2.21. The standard InChI is InChI=1S/C18H21FN2O2.ClH/c1-23-13-17(20)18(22)21(11-14-5-3-2-4-6-14)12-15-7-9-16(19)10-8-15;/h2-10,17H,11-13,20H2,1H3;1H. The van der Waals surface area contributed by atoms with Crippen molar-refractivity contribution < 1.29 is 13.9 Å². The van der Waals surface area contributed by atoms with Crippen LogP contribution in [-0.4, -0.2) is 30.6 Å². The van der Waals surface area contributed by atoms with Crippen LogP contribution in [0.2, 0.25) is 0 Å². The number of nitrogens with two attached hydrogens (primary N) is 1. The van der Waals surface area contributed by atoms with Gasteiger partial charge in [-0.2, -0.15) is 0 Å². The van der Waals surface area contributed by atoms with Gasteiger partial charge in [0.05, 0.1) is 6.61 Å². The lowest BCUT2D eigenvalue weighted by Crippen LogP contribution is -2.45. The number of amides is 1. The van der Waals surface area contributed by atoms with E-state index in [9.17, 15) is 9.18 Å². The minimum absolute atomic E-state index is 0. The molecule has 2 aromatic rings. The molecule has 0 saturated heterocycles. The van der Waals surface area contributed by atoms with Crippen molar-refractivity contribution in [3.8, 4) is 0 Å². The van der Waals surface area contributed by atoms with Gasteiger partial charge in [0, 0.05) is 20.2 Å². The first-order chi connectivity index (χ1) is 11.1. The van der Waals surface area contributed by atoms with Gasteiger partial charge in [-0.05, 0) is 23.3 Å². The third-order valence-corrected chi connectivity index (χ3v) is 3.48. The summed E-state index contributed by atoms with van der Waals surface area (Å²) < 4.78 is 18.0. The van der Waals surface area contributed by atoms with E-state index >= 15 is 0 Å². The number of hydrogen-bond donors (Lipinski definition) is 1. The zero-order valence-electron chi connectivity index (χ0n) is 13.5. The maximum absolute atomic E-state index is 13.0. The van der Waals surface area contributed by atoms with E-state index in [0.29, 0.717) is 13.1 Å². The number of carbonyl (C=O) groups is 1. The van der Waals surface area contributed by atoms with E-state index in [1.807, 2.05) is 30.3 Å². The van der Waals surface area contributed by atoms with Crippen molar-refractivity contribution in [1.29, 1.82) is 0 Å². The predicted octanol–water partition coefficient (Wildman–Crippen LogP) is 2.75. The van der Waals surface area contributed by atoms with Gasteiger partial charge < -0.3 is 15.4 Å². The average molecular weight is 353 g/mol. The molecule has 0 spiro atoms. The number of carbonyl (C=O) groups excluding carboxylic acids is 1. The Kier molecular flexibility index (Phi) is 8.40. The number of ether oxygens (including phenoxy) is 1. The molecule has 0 aromatic heterocycles. The zero-order valence-corrected chi connectivity index (χ0v) is 14.3. The van der Waals surface area contributed by atoms with Gasteiger partial charge in [-0.15, -0.1) is 12.4 Å². The fourth-order valence-electron chi connectivity index (χ4n) is 2.31. The van der Waals surface area contributed by atoms with E-state index in [0.717, 1.165) is 11.1 Å². The van der Waals surface area contributed by atoms with Crippen LogP contribution in [0.5, 0.6) is 0 Å². The molecular formula is C18H22ClFN2O2. The molecular weight excluding hydrogens is 331 g/mol. The number of benzene rings is 2. The molecule has 0 radical (unpaired) electrons. The second-order valence-electron chi connectivity index (χ2n) is 5.37. The van der Waals surface area contributed by atoms with Crippen molar-refractivity contribution in [2.24, 2.45) is 5.73 Å². The van der Waals surface area contributed by atoms with Gasteiger partial charge in [0.2, 0.25) is 5.91 Å². The molecule has 0 aliphatic rings. The van der Waals surface area contributed by atoms with Crippen LogP contribution in [0.3, 0.4) is 0 Å². The molecule has 130 valence electrons. The summed E-state index contributed by atoms with van der Waals surface area (Å²) in [7, 11) is 1.51. The normalized spacial score (nSPS) is 11.5. The van der Waals surface area contributed by atoms with E-state index in [-0.39, 0.29) is 30.7 Å². The smallest absolute Gasteiger partial charge is 0.242 e. The van der Waals surface area contributed by atoms with Crippen LogP contribution in [0, 0.1) is 5.82 Å². The summed E-state index contributed by atoms with van der Waals surface area (Å²) in [6.07, 6.45) is 0. The van der Waals surface area contributed by atoms with Crippen LogP contribution in [0.15, 0.2) is 54.6 Å². The molecule has 2 rings (SSSR count). The number of rotatable bonds is 7. The molecule has 4 nitrogen and oxygen atoms in total. The molecule has 0 aliphatic heterocycles. The Morgan fingerprint density at radius 3 is 2.17 bits per heavy atom. The van der Waals surface area contributed by atoms with E-state index in [4.69, 9.17) is 10.5 Å². The van der Waals surface area contributed by atoms with Crippen LogP contribution in [0.25, 0.3) is 0 Å². The molecule has 1 atom stereocenters. The summed E-state index contributed by atoms with van der Waals surface area (Å²) in [6, 6.07) is 15.1. The number of halogens is 2. The second kappa shape index (κ2) is 10.0. The molecule has 6 heteroatoms. The molecule has 0 heterocycles. The second-order valence-corrected chi connectivity index (χ2v) is 5.37. The van der Waals surface area contributed by atoms with E-state index < -0.39 is 6.04 Å². The summed E-state index contributed by atoms with van der Waals surface area (Å²) in [4.78, 5) is 14.2. The minimum atomic E-state index is -0.718. The van der Waals surface area contributed by atoms with Crippen LogP contribution >= 0.6 is 12.4 Å². The third-order valence-electron chi connectivity index (χ3n) is 3.48. The summed E-state index contributed by atoms with van der Waals surface area (Å²) in [5.41, 5.74) is 7.74. The van der Waals surface area contributed by atoms with Gasteiger partial charge >= 0.3 is 0 Å². The summed E-state index contributed by atoms with van der Waals surface area (Å²) in [5.74, 6) is -0.495. The van der Waals surface area contributed by atoms with E-state index in [1.54, 1.807) is 17.0 Å². The van der Waals surface area contributed by atoms with E-state index in [1.165, 1.54) is 19.2 Å². The lowest BCUT2D eigenvalue weighted by Gasteiger charge is -2.26. The molecule has 1 amide bonds. The van der Waals surface area contributed by atoms with Crippen molar-refractivity contribution >= 4 is 18.3 Å². The molecule has 0 aliphatic carbocycles.